The van der Waals surface area contributed by atoms with E-state index >= 15 is 0 Å². The standard InChI is InChI=1S/C25H24ClF2NO2/c26-20-11-9-19(10-12-20)25(31-16-18-5-2-1-3-6-18)13-14-29-15-24(25)30-17-21-22(27)7-4-8-23(21)28/h1-12,24,29H,13-17H2/t24-,25+/m0/s1. The van der Waals surface area contributed by atoms with Gasteiger partial charge in [0.15, 0.2) is 0 Å². The van der Waals surface area contributed by atoms with Gasteiger partial charge in [0.2, 0.25) is 0 Å². The summed E-state index contributed by atoms with van der Waals surface area (Å²) in [5.74, 6) is -1.24. The fourth-order valence-electron chi connectivity index (χ4n) is 3.98. The molecule has 3 aromatic carbocycles. The first kappa shape index (κ1) is 21.9. The molecule has 1 N–H and O–H groups in total. The van der Waals surface area contributed by atoms with Gasteiger partial charge < -0.3 is 14.8 Å². The number of hydrogen-bond acceptors (Lipinski definition) is 3. The molecule has 0 radical (unpaired) electrons. The third kappa shape index (κ3) is 4.96. The van der Waals surface area contributed by atoms with Gasteiger partial charge in [-0.3, -0.25) is 0 Å². The van der Waals surface area contributed by atoms with Crippen LogP contribution in [0.2, 0.25) is 5.02 Å². The van der Waals surface area contributed by atoms with Gasteiger partial charge in [0, 0.05) is 17.1 Å². The summed E-state index contributed by atoms with van der Waals surface area (Å²) in [6.07, 6.45) is 0.191. The van der Waals surface area contributed by atoms with Crippen molar-refractivity contribution in [2.24, 2.45) is 0 Å². The molecule has 4 rings (SSSR count). The summed E-state index contributed by atoms with van der Waals surface area (Å²) in [4.78, 5) is 0. The highest BCUT2D eigenvalue weighted by molar-refractivity contribution is 6.30. The van der Waals surface area contributed by atoms with Crippen molar-refractivity contribution in [2.75, 3.05) is 13.1 Å². The van der Waals surface area contributed by atoms with Crippen LogP contribution < -0.4 is 5.32 Å². The molecule has 0 unspecified atom stereocenters. The van der Waals surface area contributed by atoms with Gasteiger partial charge in [-0.05, 0) is 48.4 Å². The van der Waals surface area contributed by atoms with E-state index in [0.29, 0.717) is 24.6 Å². The lowest BCUT2D eigenvalue weighted by molar-refractivity contribution is -0.177. The maximum absolute atomic E-state index is 14.2. The quantitative estimate of drug-likeness (QED) is 0.515. The Kier molecular flexibility index (Phi) is 6.98. The molecule has 1 saturated heterocycles. The van der Waals surface area contributed by atoms with Crippen LogP contribution in [0.1, 0.15) is 23.1 Å². The number of ether oxygens (including phenoxy) is 2. The van der Waals surface area contributed by atoms with Crippen LogP contribution in [0.15, 0.2) is 72.8 Å². The maximum Gasteiger partial charge on any atom is 0.131 e. The predicted octanol–water partition coefficient (Wildman–Crippen LogP) is 5.61. The Hall–Kier alpha value is -2.31. The first-order valence-corrected chi connectivity index (χ1v) is 10.7. The molecule has 0 saturated carbocycles. The lowest BCUT2D eigenvalue weighted by atomic mass is 9.82. The van der Waals surface area contributed by atoms with Crippen molar-refractivity contribution in [3.63, 3.8) is 0 Å². The van der Waals surface area contributed by atoms with E-state index in [2.05, 4.69) is 5.32 Å². The van der Waals surface area contributed by atoms with Crippen LogP contribution in [0.25, 0.3) is 0 Å². The SMILES string of the molecule is Fc1cccc(F)c1CO[C@H]1CNCC[C@@]1(OCc1ccccc1)c1ccc(Cl)cc1. The van der Waals surface area contributed by atoms with E-state index < -0.39 is 23.3 Å². The molecule has 2 atom stereocenters. The molecule has 3 nitrogen and oxygen atoms in total. The van der Waals surface area contributed by atoms with Crippen LogP contribution in [-0.4, -0.2) is 19.2 Å². The number of hydrogen-bond donors (Lipinski definition) is 1. The Balaban J connectivity index is 1.63. The van der Waals surface area contributed by atoms with Gasteiger partial charge in [0.1, 0.15) is 23.3 Å². The van der Waals surface area contributed by atoms with Gasteiger partial charge in [0.25, 0.3) is 0 Å². The Morgan fingerprint density at radius 3 is 2.32 bits per heavy atom. The normalized spacial score (nSPS) is 21.2. The third-order valence-electron chi connectivity index (χ3n) is 5.69. The average Bonchev–Trinajstić information content (AvgIpc) is 2.79. The molecule has 1 heterocycles. The van der Waals surface area contributed by atoms with Crippen LogP contribution in [0.5, 0.6) is 0 Å². The first-order chi connectivity index (χ1) is 15.1. The van der Waals surface area contributed by atoms with Crippen molar-refractivity contribution in [2.45, 2.75) is 31.3 Å². The van der Waals surface area contributed by atoms with Gasteiger partial charge in [-0.2, -0.15) is 0 Å². The van der Waals surface area contributed by atoms with Crippen molar-refractivity contribution in [1.29, 1.82) is 0 Å². The summed E-state index contributed by atoms with van der Waals surface area (Å²) in [5, 5.41) is 3.94. The van der Waals surface area contributed by atoms with Crippen LogP contribution in [0, 0.1) is 11.6 Å². The minimum absolute atomic E-state index is 0.0823. The molecule has 1 fully saturated rings. The van der Waals surface area contributed by atoms with E-state index in [-0.39, 0.29) is 12.2 Å². The number of halogens is 3. The molecular weight excluding hydrogens is 420 g/mol. The minimum atomic E-state index is -0.784. The van der Waals surface area contributed by atoms with Gasteiger partial charge in [-0.25, -0.2) is 8.78 Å². The van der Waals surface area contributed by atoms with Crippen molar-refractivity contribution < 1.29 is 18.3 Å². The van der Waals surface area contributed by atoms with Crippen LogP contribution in [-0.2, 0) is 28.3 Å². The minimum Gasteiger partial charge on any atom is -0.369 e. The summed E-state index contributed by atoms with van der Waals surface area (Å²) < 4.78 is 41.0. The third-order valence-corrected chi connectivity index (χ3v) is 5.94. The zero-order valence-corrected chi connectivity index (χ0v) is 17.7. The molecule has 0 aromatic heterocycles. The van der Waals surface area contributed by atoms with Gasteiger partial charge in [-0.15, -0.1) is 0 Å². The Bertz CT molecular complexity index is 980. The fourth-order valence-corrected chi connectivity index (χ4v) is 4.10. The Morgan fingerprint density at radius 2 is 1.61 bits per heavy atom. The maximum atomic E-state index is 14.2. The summed E-state index contributed by atoms with van der Waals surface area (Å²) in [6.45, 7) is 1.42. The molecule has 0 spiro atoms. The second-order valence-corrected chi connectivity index (χ2v) is 8.06. The molecule has 162 valence electrons. The smallest absolute Gasteiger partial charge is 0.131 e. The van der Waals surface area contributed by atoms with Gasteiger partial charge >= 0.3 is 0 Å². The van der Waals surface area contributed by atoms with E-state index in [4.69, 9.17) is 21.1 Å². The molecule has 3 aromatic rings. The molecule has 31 heavy (non-hydrogen) atoms. The molecule has 1 aliphatic rings. The van der Waals surface area contributed by atoms with E-state index in [1.54, 1.807) is 0 Å². The van der Waals surface area contributed by atoms with Crippen molar-refractivity contribution >= 4 is 11.6 Å². The zero-order valence-electron chi connectivity index (χ0n) is 17.0. The summed E-state index contributed by atoms with van der Waals surface area (Å²) >= 11 is 6.11. The Morgan fingerprint density at radius 1 is 0.903 bits per heavy atom. The van der Waals surface area contributed by atoms with E-state index in [9.17, 15) is 8.78 Å². The summed E-state index contributed by atoms with van der Waals surface area (Å²) in [7, 11) is 0. The number of benzene rings is 3. The fraction of sp³-hybridized carbons (Fsp3) is 0.280. The van der Waals surface area contributed by atoms with Crippen LogP contribution in [0.3, 0.4) is 0 Å². The zero-order chi connectivity index (χ0) is 21.7. The van der Waals surface area contributed by atoms with E-state index in [1.165, 1.54) is 18.2 Å². The molecule has 1 aliphatic heterocycles. The number of rotatable bonds is 7. The van der Waals surface area contributed by atoms with Crippen LogP contribution >= 0.6 is 11.6 Å². The molecule has 0 amide bonds. The van der Waals surface area contributed by atoms with Crippen molar-refractivity contribution in [1.82, 2.24) is 5.32 Å². The average molecular weight is 444 g/mol. The van der Waals surface area contributed by atoms with Gasteiger partial charge in [0.05, 0.1) is 13.2 Å². The molecular formula is C25H24ClF2NO2. The van der Waals surface area contributed by atoms with Crippen molar-refractivity contribution in [3.05, 3.63) is 106 Å². The summed E-state index contributed by atoms with van der Waals surface area (Å²) in [6, 6.07) is 21.2. The van der Waals surface area contributed by atoms with Gasteiger partial charge in [-0.1, -0.05) is 60.1 Å². The monoisotopic (exact) mass is 443 g/mol. The number of piperidine rings is 1. The Labute approximate surface area is 186 Å². The second-order valence-electron chi connectivity index (χ2n) is 7.62. The summed E-state index contributed by atoms with van der Waals surface area (Å²) in [5.41, 5.74) is 1.09. The topological polar surface area (TPSA) is 30.5 Å². The van der Waals surface area contributed by atoms with E-state index in [1.807, 2.05) is 54.6 Å². The highest BCUT2D eigenvalue weighted by Crippen LogP contribution is 2.38. The largest absolute Gasteiger partial charge is 0.369 e. The van der Waals surface area contributed by atoms with E-state index in [0.717, 1.165) is 17.7 Å². The van der Waals surface area contributed by atoms with Crippen molar-refractivity contribution in [3.8, 4) is 0 Å². The predicted molar refractivity (Wildman–Crippen MR) is 117 cm³/mol. The second kappa shape index (κ2) is 9.88. The lowest BCUT2D eigenvalue weighted by Gasteiger charge is -2.44. The first-order valence-electron chi connectivity index (χ1n) is 10.3. The molecule has 0 aliphatic carbocycles. The lowest BCUT2D eigenvalue weighted by Crippen LogP contribution is -2.54. The molecule has 0 bridgehead atoms. The highest BCUT2D eigenvalue weighted by atomic mass is 35.5. The molecule has 6 heteroatoms. The number of nitrogens with one attached hydrogen (secondary N) is 1. The highest BCUT2D eigenvalue weighted by Gasteiger charge is 2.44. The van der Waals surface area contributed by atoms with Crippen LogP contribution in [0.4, 0.5) is 8.78 Å².